The van der Waals surface area contributed by atoms with Gasteiger partial charge in [-0.2, -0.15) is 4.31 Å². The maximum atomic E-state index is 12.7. The molecule has 7 heteroatoms. The summed E-state index contributed by atoms with van der Waals surface area (Å²) in [5.41, 5.74) is 3.27. The zero-order valence-corrected chi connectivity index (χ0v) is 19.5. The third-order valence-electron chi connectivity index (χ3n) is 6.08. The van der Waals surface area contributed by atoms with Crippen molar-refractivity contribution in [3.05, 3.63) is 59.7 Å². The summed E-state index contributed by atoms with van der Waals surface area (Å²) in [5.74, 6) is -0.0119. The molecular weight excluding hydrogens is 410 g/mol. The van der Waals surface area contributed by atoms with Crippen LogP contribution in [-0.2, 0) is 21.4 Å². The topological polar surface area (TPSA) is 69.7 Å². The molecule has 31 heavy (non-hydrogen) atoms. The minimum atomic E-state index is -3.49. The average Bonchev–Trinajstić information content (AvgIpc) is 2.77. The second kappa shape index (κ2) is 10.4. The minimum absolute atomic E-state index is 0.00916. The zero-order valence-electron chi connectivity index (χ0n) is 18.7. The summed E-state index contributed by atoms with van der Waals surface area (Å²) in [4.78, 5) is 15.4. The van der Waals surface area contributed by atoms with Crippen LogP contribution in [0.25, 0.3) is 0 Å². The maximum absolute atomic E-state index is 12.7. The molecule has 0 unspecified atom stereocenters. The Bertz CT molecular complexity index is 977. The summed E-state index contributed by atoms with van der Waals surface area (Å²) < 4.78 is 26.6. The first-order valence-corrected chi connectivity index (χ1v) is 12.5. The van der Waals surface area contributed by atoms with Crippen LogP contribution in [0.5, 0.6) is 0 Å². The van der Waals surface area contributed by atoms with Gasteiger partial charge in [0.05, 0.1) is 4.90 Å². The van der Waals surface area contributed by atoms with Gasteiger partial charge in [0, 0.05) is 31.2 Å². The van der Waals surface area contributed by atoms with Crippen molar-refractivity contribution in [2.24, 2.45) is 5.92 Å². The molecule has 6 nitrogen and oxygen atoms in total. The molecular formula is C24H33N3O3S. The van der Waals surface area contributed by atoms with Crippen LogP contribution in [0.1, 0.15) is 37.8 Å². The number of carbonyl (C=O) groups excluding carboxylic acids is 1. The fourth-order valence-electron chi connectivity index (χ4n) is 4.05. The van der Waals surface area contributed by atoms with E-state index in [9.17, 15) is 13.2 Å². The number of rotatable bonds is 8. The van der Waals surface area contributed by atoms with E-state index in [1.165, 1.54) is 15.4 Å². The first kappa shape index (κ1) is 23.4. The van der Waals surface area contributed by atoms with Crippen LogP contribution in [0.2, 0.25) is 0 Å². The van der Waals surface area contributed by atoms with E-state index in [1.54, 1.807) is 24.3 Å². The van der Waals surface area contributed by atoms with E-state index in [0.717, 1.165) is 32.5 Å². The summed E-state index contributed by atoms with van der Waals surface area (Å²) in [6, 6.07) is 14.9. The minimum Gasteiger partial charge on any atom is -0.326 e. The molecule has 0 radical (unpaired) electrons. The Labute approximate surface area is 186 Å². The molecule has 0 aromatic heterocycles. The quantitative estimate of drug-likeness (QED) is 0.672. The van der Waals surface area contributed by atoms with E-state index in [-0.39, 0.29) is 16.7 Å². The Morgan fingerprint density at radius 3 is 2.23 bits per heavy atom. The van der Waals surface area contributed by atoms with Gasteiger partial charge in [0.2, 0.25) is 15.9 Å². The van der Waals surface area contributed by atoms with Crippen molar-refractivity contribution in [2.75, 3.05) is 31.5 Å². The zero-order chi connectivity index (χ0) is 22.4. The van der Waals surface area contributed by atoms with Crippen LogP contribution in [0.3, 0.4) is 0 Å². The summed E-state index contributed by atoms with van der Waals surface area (Å²) in [6.45, 7) is 9.35. The molecule has 1 amide bonds. The fourth-order valence-corrected chi connectivity index (χ4v) is 5.51. The van der Waals surface area contributed by atoms with Crippen LogP contribution in [0.4, 0.5) is 5.69 Å². The normalized spacial score (nSPS) is 15.9. The van der Waals surface area contributed by atoms with Gasteiger partial charge in [-0.3, -0.25) is 9.69 Å². The molecule has 0 atom stereocenters. The van der Waals surface area contributed by atoms with Crippen molar-refractivity contribution >= 4 is 21.6 Å². The van der Waals surface area contributed by atoms with Gasteiger partial charge in [0.25, 0.3) is 0 Å². The fraction of sp³-hybridized carbons (Fsp3) is 0.458. The van der Waals surface area contributed by atoms with Gasteiger partial charge in [-0.25, -0.2) is 8.42 Å². The lowest BCUT2D eigenvalue weighted by atomic mass is 9.95. The van der Waals surface area contributed by atoms with E-state index in [1.807, 2.05) is 13.8 Å². The number of likely N-dealkylation sites (tertiary alicyclic amines) is 1. The molecule has 2 aromatic rings. The number of hydrogen-bond acceptors (Lipinski definition) is 4. The Hall–Kier alpha value is -2.22. The number of amides is 1. The van der Waals surface area contributed by atoms with Crippen molar-refractivity contribution in [1.29, 1.82) is 0 Å². The van der Waals surface area contributed by atoms with Crippen LogP contribution in [-0.4, -0.2) is 49.7 Å². The van der Waals surface area contributed by atoms with Gasteiger partial charge < -0.3 is 5.32 Å². The lowest BCUT2D eigenvalue weighted by Gasteiger charge is -2.31. The number of sulfonamides is 1. The van der Waals surface area contributed by atoms with Crippen molar-refractivity contribution < 1.29 is 13.2 Å². The number of carbonyl (C=O) groups is 1. The summed E-state index contributed by atoms with van der Waals surface area (Å²) in [7, 11) is -3.49. The molecule has 1 aliphatic heterocycles. The van der Waals surface area contributed by atoms with Crippen LogP contribution < -0.4 is 5.32 Å². The molecule has 168 valence electrons. The number of nitrogens with zero attached hydrogens (tertiary/aromatic N) is 2. The highest BCUT2D eigenvalue weighted by Gasteiger charge is 2.26. The SMILES string of the molecule is CCN(CC)S(=O)(=O)c1ccc(NC(=O)C2CCN(Cc3ccccc3C)CC2)cc1. The van der Waals surface area contributed by atoms with Gasteiger partial charge in [0.1, 0.15) is 0 Å². The Kier molecular flexibility index (Phi) is 7.86. The van der Waals surface area contributed by atoms with Crippen LogP contribution >= 0.6 is 0 Å². The third kappa shape index (κ3) is 5.73. The van der Waals surface area contributed by atoms with Crippen LogP contribution in [0, 0.1) is 12.8 Å². The van der Waals surface area contributed by atoms with Crippen LogP contribution in [0.15, 0.2) is 53.4 Å². The molecule has 2 aromatic carbocycles. The second-order valence-corrected chi connectivity index (χ2v) is 10.0. The van der Waals surface area contributed by atoms with E-state index in [0.29, 0.717) is 18.8 Å². The van der Waals surface area contributed by atoms with E-state index < -0.39 is 10.0 Å². The lowest BCUT2D eigenvalue weighted by Crippen LogP contribution is -2.37. The van der Waals surface area contributed by atoms with Crippen molar-refractivity contribution in [3.63, 3.8) is 0 Å². The van der Waals surface area contributed by atoms with Crippen molar-refractivity contribution in [3.8, 4) is 0 Å². The highest BCUT2D eigenvalue weighted by atomic mass is 32.2. The third-order valence-corrected chi connectivity index (χ3v) is 8.14. The highest BCUT2D eigenvalue weighted by Crippen LogP contribution is 2.23. The van der Waals surface area contributed by atoms with Crippen molar-refractivity contribution in [2.45, 2.75) is 45.1 Å². The van der Waals surface area contributed by atoms with Gasteiger partial charge in [-0.15, -0.1) is 0 Å². The van der Waals surface area contributed by atoms with Gasteiger partial charge in [0.15, 0.2) is 0 Å². The largest absolute Gasteiger partial charge is 0.326 e. The molecule has 0 bridgehead atoms. The van der Waals surface area contributed by atoms with Gasteiger partial charge >= 0.3 is 0 Å². The monoisotopic (exact) mass is 443 g/mol. The predicted molar refractivity (Wildman–Crippen MR) is 124 cm³/mol. The first-order valence-electron chi connectivity index (χ1n) is 11.0. The molecule has 0 spiro atoms. The Balaban J connectivity index is 1.54. The van der Waals surface area contributed by atoms with Gasteiger partial charge in [-0.1, -0.05) is 38.1 Å². The molecule has 3 rings (SSSR count). The summed E-state index contributed by atoms with van der Waals surface area (Å²) in [5, 5.41) is 2.96. The lowest BCUT2D eigenvalue weighted by molar-refractivity contribution is -0.121. The van der Waals surface area contributed by atoms with Gasteiger partial charge in [-0.05, 0) is 68.2 Å². The molecule has 1 heterocycles. The summed E-state index contributed by atoms with van der Waals surface area (Å²) in [6.07, 6.45) is 1.65. The first-order chi connectivity index (χ1) is 14.8. The number of piperidine rings is 1. The molecule has 1 fully saturated rings. The molecule has 1 N–H and O–H groups in total. The molecule has 1 aliphatic rings. The highest BCUT2D eigenvalue weighted by molar-refractivity contribution is 7.89. The average molecular weight is 444 g/mol. The maximum Gasteiger partial charge on any atom is 0.243 e. The Morgan fingerprint density at radius 2 is 1.65 bits per heavy atom. The summed E-state index contributed by atoms with van der Waals surface area (Å²) >= 11 is 0. The second-order valence-electron chi connectivity index (χ2n) is 8.08. The number of nitrogens with one attached hydrogen (secondary N) is 1. The van der Waals surface area contributed by atoms with E-state index in [2.05, 4.69) is 41.4 Å². The van der Waals surface area contributed by atoms with E-state index in [4.69, 9.17) is 0 Å². The Morgan fingerprint density at radius 1 is 1.03 bits per heavy atom. The number of hydrogen-bond donors (Lipinski definition) is 1. The number of aryl methyl sites for hydroxylation is 1. The number of anilines is 1. The van der Waals surface area contributed by atoms with E-state index >= 15 is 0 Å². The number of benzene rings is 2. The molecule has 1 saturated heterocycles. The predicted octanol–water partition coefficient (Wildman–Crippen LogP) is 3.88. The smallest absolute Gasteiger partial charge is 0.243 e. The molecule has 0 aliphatic carbocycles. The molecule has 0 saturated carbocycles. The van der Waals surface area contributed by atoms with Crippen molar-refractivity contribution in [1.82, 2.24) is 9.21 Å². The standard InChI is InChI=1S/C24H33N3O3S/c1-4-27(5-2)31(29,30)23-12-10-22(11-13-23)25-24(28)20-14-16-26(17-15-20)18-21-9-7-6-8-19(21)3/h6-13,20H,4-5,14-18H2,1-3H3,(H,25,28).